The van der Waals surface area contributed by atoms with Gasteiger partial charge in [0.05, 0.1) is 5.54 Å². The molecule has 4 nitrogen and oxygen atoms in total. The lowest BCUT2D eigenvalue weighted by atomic mass is 9.93. The van der Waals surface area contributed by atoms with Gasteiger partial charge in [-0.05, 0) is 44.4 Å². The zero-order chi connectivity index (χ0) is 12.3. The Morgan fingerprint density at radius 3 is 2.79 bits per heavy atom. The van der Waals surface area contributed by atoms with Crippen molar-refractivity contribution in [3.8, 4) is 0 Å². The number of carbonyl (C=O) groups is 1. The number of hydrogen-bond acceptors (Lipinski definition) is 3. The Labute approximate surface area is 126 Å². The Bertz CT molecular complexity index is 420. The third-order valence-corrected chi connectivity index (χ3v) is 3.55. The number of rotatable bonds is 3. The Balaban J connectivity index is 0.00000162. The molecule has 2 rings (SSSR count). The first-order valence-electron chi connectivity index (χ1n) is 6.15. The molecule has 1 amide bonds. The molecule has 0 bridgehead atoms. The second kappa shape index (κ2) is 7.68. The van der Waals surface area contributed by atoms with Crippen molar-refractivity contribution in [2.45, 2.75) is 38.6 Å². The summed E-state index contributed by atoms with van der Waals surface area (Å²) in [5.74, 6) is 0.0757. The van der Waals surface area contributed by atoms with E-state index in [0.29, 0.717) is 0 Å². The van der Waals surface area contributed by atoms with Crippen LogP contribution in [-0.2, 0) is 4.79 Å². The van der Waals surface area contributed by atoms with Crippen LogP contribution in [0.25, 0.3) is 0 Å². The molecule has 2 heterocycles. The monoisotopic (exact) mass is 305 g/mol. The molecule has 0 aromatic carbocycles. The first-order chi connectivity index (χ1) is 8.18. The van der Waals surface area contributed by atoms with E-state index >= 15 is 0 Å². The molecule has 1 aliphatic rings. The molecule has 1 aromatic heterocycles. The van der Waals surface area contributed by atoms with Gasteiger partial charge >= 0.3 is 0 Å². The van der Waals surface area contributed by atoms with Crippen molar-refractivity contribution in [2.75, 3.05) is 11.9 Å². The molecule has 1 aromatic rings. The molecule has 19 heavy (non-hydrogen) atoms. The molecule has 1 aliphatic heterocycles. The van der Waals surface area contributed by atoms with Gasteiger partial charge < -0.3 is 10.6 Å². The molecule has 108 valence electrons. The van der Waals surface area contributed by atoms with Gasteiger partial charge in [-0.3, -0.25) is 9.78 Å². The fourth-order valence-corrected chi connectivity index (χ4v) is 2.32. The summed E-state index contributed by atoms with van der Waals surface area (Å²) in [4.78, 5) is 16.3. The van der Waals surface area contributed by atoms with Crippen molar-refractivity contribution >= 4 is 36.4 Å². The first-order valence-corrected chi connectivity index (χ1v) is 6.15. The van der Waals surface area contributed by atoms with Gasteiger partial charge in [-0.2, -0.15) is 0 Å². The van der Waals surface area contributed by atoms with Crippen LogP contribution < -0.4 is 10.6 Å². The average molecular weight is 306 g/mol. The molecule has 0 radical (unpaired) electrons. The van der Waals surface area contributed by atoms with Gasteiger partial charge in [0, 0.05) is 18.1 Å². The number of aryl methyl sites for hydroxylation is 1. The lowest BCUT2D eigenvalue weighted by Gasteiger charge is -2.27. The smallest absolute Gasteiger partial charge is 0.244 e. The molecule has 0 spiro atoms. The van der Waals surface area contributed by atoms with E-state index in [1.165, 1.54) is 0 Å². The summed E-state index contributed by atoms with van der Waals surface area (Å²) >= 11 is 0. The molecule has 2 N–H and O–H groups in total. The number of amides is 1. The zero-order valence-corrected chi connectivity index (χ0v) is 12.9. The van der Waals surface area contributed by atoms with Crippen molar-refractivity contribution in [1.82, 2.24) is 10.3 Å². The summed E-state index contributed by atoms with van der Waals surface area (Å²) in [5, 5.41) is 6.33. The predicted octanol–water partition coefficient (Wildman–Crippen LogP) is 2.70. The van der Waals surface area contributed by atoms with Gasteiger partial charge in [0.15, 0.2) is 0 Å². The quantitative estimate of drug-likeness (QED) is 0.903. The van der Waals surface area contributed by atoms with E-state index in [-0.39, 0.29) is 36.3 Å². The van der Waals surface area contributed by atoms with E-state index < -0.39 is 0 Å². The van der Waals surface area contributed by atoms with Crippen LogP contribution in [0.4, 0.5) is 5.69 Å². The van der Waals surface area contributed by atoms with Crippen LogP contribution in [0, 0.1) is 6.92 Å². The Morgan fingerprint density at radius 1 is 1.53 bits per heavy atom. The van der Waals surface area contributed by atoms with E-state index in [2.05, 4.69) is 22.5 Å². The highest BCUT2D eigenvalue weighted by Gasteiger charge is 2.39. The number of nitrogens with zero attached hydrogens (tertiary/aromatic N) is 1. The minimum absolute atomic E-state index is 0. The van der Waals surface area contributed by atoms with Gasteiger partial charge in [-0.1, -0.05) is 6.92 Å². The van der Waals surface area contributed by atoms with Crippen molar-refractivity contribution in [2.24, 2.45) is 0 Å². The summed E-state index contributed by atoms with van der Waals surface area (Å²) in [6.45, 7) is 4.93. The molecular formula is C13H21Cl2N3O. The average Bonchev–Trinajstić information content (AvgIpc) is 2.82. The summed E-state index contributed by atoms with van der Waals surface area (Å²) in [7, 11) is 0. The number of pyridine rings is 1. The predicted molar refractivity (Wildman–Crippen MR) is 82.4 cm³/mol. The minimum Gasteiger partial charge on any atom is -0.324 e. The number of carbonyl (C=O) groups excluding carboxylic acids is 1. The number of anilines is 1. The molecule has 1 fully saturated rings. The van der Waals surface area contributed by atoms with Crippen LogP contribution in [0.2, 0.25) is 0 Å². The van der Waals surface area contributed by atoms with Gasteiger partial charge in [-0.25, -0.2) is 0 Å². The zero-order valence-electron chi connectivity index (χ0n) is 11.2. The van der Waals surface area contributed by atoms with E-state index in [1.54, 1.807) is 12.4 Å². The van der Waals surface area contributed by atoms with E-state index in [4.69, 9.17) is 0 Å². The Hall–Kier alpha value is -0.840. The highest BCUT2D eigenvalue weighted by atomic mass is 35.5. The van der Waals surface area contributed by atoms with Crippen LogP contribution in [0.15, 0.2) is 18.5 Å². The minimum atomic E-state index is -0.379. The molecule has 1 saturated heterocycles. The van der Waals surface area contributed by atoms with Crippen molar-refractivity contribution in [1.29, 1.82) is 0 Å². The van der Waals surface area contributed by atoms with Crippen LogP contribution in [0.5, 0.6) is 0 Å². The lowest BCUT2D eigenvalue weighted by molar-refractivity contribution is -0.122. The van der Waals surface area contributed by atoms with Crippen LogP contribution >= 0.6 is 24.8 Å². The second-order valence-corrected chi connectivity index (χ2v) is 4.61. The molecule has 1 atom stereocenters. The first kappa shape index (κ1) is 18.2. The lowest BCUT2D eigenvalue weighted by Crippen LogP contribution is -2.50. The van der Waals surface area contributed by atoms with Crippen molar-refractivity contribution in [3.05, 3.63) is 24.0 Å². The van der Waals surface area contributed by atoms with Crippen LogP contribution in [0.3, 0.4) is 0 Å². The Morgan fingerprint density at radius 2 is 2.26 bits per heavy atom. The molecular weight excluding hydrogens is 285 g/mol. The SMILES string of the molecule is CCC1(C(=O)Nc2ccncc2C)CCCN1.Cl.Cl. The van der Waals surface area contributed by atoms with Gasteiger partial charge in [0.1, 0.15) is 0 Å². The summed E-state index contributed by atoms with van der Waals surface area (Å²) in [6, 6.07) is 1.84. The fourth-order valence-electron chi connectivity index (χ4n) is 2.32. The number of nitrogens with one attached hydrogen (secondary N) is 2. The summed E-state index contributed by atoms with van der Waals surface area (Å²) < 4.78 is 0. The van der Waals surface area contributed by atoms with Gasteiger partial charge in [0.25, 0.3) is 0 Å². The van der Waals surface area contributed by atoms with Crippen LogP contribution in [-0.4, -0.2) is 23.0 Å². The standard InChI is InChI=1S/C13H19N3O.2ClH/c1-3-13(6-4-7-15-13)12(17)16-11-5-8-14-9-10(11)2;;/h5,8-9,15H,3-4,6-7H2,1-2H3,(H,14,16,17);2*1H. The molecule has 0 saturated carbocycles. The maximum absolute atomic E-state index is 12.3. The molecule has 0 aliphatic carbocycles. The van der Waals surface area contributed by atoms with Crippen molar-refractivity contribution < 1.29 is 4.79 Å². The van der Waals surface area contributed by atoms with E-state index in [1.807, 2.05) is 13.0 Å². The molecule has 1 unspecified atom stereocenters. The highest BCUT2D eigenvalue weighted by molar-refractivity contribution is 5.98. The number of halogens is 2. The summed E-state index contributed by atoms with van der Waals surface area (Å²) in [5.41, 5.74) is 1.46. The van der Waals surface area contributed by atoms with Gasteiger partial charge in [-0.15, -0.1) is 24.8 Å². The van der Waals surface area contributed by atoms with E-state index in [9.17, 15) is 4.79 Å². The normalized spacial score (nSPS) is 21.2. The number of hydrogen-bond donors (Lipinski definition) is 2. The second-order valence-electron chi connectivity index (χ2n) is 4.61. The maximum Gasteiger partial charge on any atom is 0.244 e. The Kier molecular flexibility index (Phi) is 7.34. The maximum atomic E-state index is 12.3. The summed E-state index contributed by atoms with van der Waals surface area (Å²) in [6.07, 6.45) is 6.26. The highest BCUT2D eigenvalue weighted by Crippen LogP contribution is 2.25. The fraction of sp³-hybridized carbons (Fsp3) is 0.538. The van der Waals surface area contributed by atoms with E-state index in [0.717, 1.165) is 37.1 Å². The van der Waals surface area contributed by atoms with Crippen molar-refractivity contribution in [3.63, 3.8) is 0 Å². The topological polar surface area (TPSA) is 54.0 Å². The van der Waals surface area contributed by atoms with Crippen LogP contribution in [0.1, 0.15) is 31.7 Å². The molecule has 6 heteroatoms. The third kappa shape index (κ3) is 3.81. The van der Waals surface area contributed by atoms with Gasteiger partial charge in [0.2, 0.25) is 5.91 Å². The third-order valence-electron chi connectivity index (χ3n) is 3.55. The number of aromatic nitrogens is 1. The largest absolute Gasteiger partial charge is 0.324 e.